The second kappa shape index (κ2) is 3.66. The van der Waals surface area contributed by atoms with Crippen LogP contribution >= 0.6 is 0 Å². The molecule has 2 rings (SSSR count). The molecule has 4 atom stereocenters. The second-order valence-corrected chi connectivity index (χ2v) is 3.60. The van der Waals surface area contributed by atoms with Crippen LogP contribution in [0, 0.1) is 0 Å². The molecule has 0 aromatic rings. The van der Waals surface area contributed by atoms with Crippen LogP contribution in [-0.2, 0) is 23.8 Å². The Morgan fingerprint density at radius 1 is 1.00 bits per heavy atom. The zero-order valence-corrected chi connectivity index (χ0v) is 8.51. The molecule has 0 unspecified atom stereocenters. The van der Waals surface area contributed by atoms with E-state index in [0.717, 1.165) is 0 Å². The van der Waals surface area contributed by atoms with E-state index in [1.807, 2.05) is 12.2 Å². The van der Waals surface area contributed by atoms with Gasteiger partial charge in [0.15, 0.2) is 12.2 Å². The molecule has 0 aliphatic carbocycles. The first-order valence-electron chi connectivity index (χ1n) is 4.76. The molecule has 0 aromatic carbocycles. The zero-order chi connectivity index (χ0) is 11.0. The Kier molecular flexibility index (Phi) is 2.48. The van der Waals surface area contributed by atoms with Gasteiger partial charge in [-0.3, -0.25) is 9.59 Å². The van der Waals surface area contributed by atoms with E-state index in [1.54, 1.807) is 0 Å². The summed E-state index contributed by atoms with van der Waals surface area (Å²) in [7, 11) is 0. The number of esters is 2. The van der Waals surface area contributed by atoms with Crippen molar-refractivity contribution in [2.24, 2.45) is 0 Å². The molecule has 0 spiro atoms. The van der Waals surface area contributed by atoms with Crippen LogP contribution in [0.1, 0.15) is 13.8 Å². The molecule has 1 saturated heterocycles. The van der Waals surface area contributed by atoms with Crippen LogP contribution in [0.3, 0.4) is 0 Å². The van der Waals surface area contributed by atoms with Crippen molar-refractivity contribution in [3.63, 3.8) is 0 Å². The van der Waals surface area contributed by atoms with E-state index < -0.39 is 24.1 Å². The molecular weight excluding hydrogens is 200 g/mol. The Morgan fingerprint density at radius 3 is 1.73 bits per heavy atom. The highest BCUT2D eigenvalue weighted by Crippen LogP contribution is 2.33. The Bertz CT molecular complexity index is 292. The van der Waals surface area contributed by atoms with E-state index >= 15 is 0 Å². The van der Waals surface area contributed by atoms with Gasteiger partial charge in [-0.25, -0.2) is 0 Å². The maximum absolute atomic E-state index is 10.9. The predicted molar refractivity (Wildman–Crippen MR) is 48.9 cm³/mol. The Morgan fingerprint density at radius 2 is 1.40 bits per heavy atom. The fourth-order valence-corrected chi connectivity index (χ4v) is 1.89. The van der Waals surface area contributed by atoms with Crippen molar-refractivity contribution in [2.45, 2.75) is 38.3 Å². The molecule has 0 radical (unpaired) electrons. The predicted octanol–water partition coefficient (Wildman–Crippen LogP) is 0.187. The van der Waals surface area contributed by atoms with E-state index in [1.165, 1.54) is 13.8 Å². The molecule has 2 aliphatic rings. The molecule has 2 aliphatic heterocycles. The van der Waals surface area contributed by atoms with Gasteiger partial charge in [-0.2, -0.15) is 0 Å². The lowest BCUT2D eigenvalue weighted by Gasteiger charge is -2.23. The highest BCUT2D eigenvalue weighted by molar-refractivity contribution is 5.67. The maximum Gasteiger partial charge on any atom is 0.303 e. The topological polar surface area (TPSA) is 61.8 Å². The van der Waals surface area contributed by atoms with Crippen LogP contribution in [-0.4, -0.2) is 36.4 Å². The summed E-state index contributed by atoms with van der Waals surface area (Å²) in [6.45, 7) is 2.64. The van der Waals surface area contributed by atoms with Crippen LogP contribution < -0.4 is 0 Å². The smallest absolute Gasteiger partial charge is 0.303 e. The third kappa shape index (κ3) is 1.87. The van der Waals surface area contributed by atoms with Gasteiger partial charge < -0.3 is 14.2 Å². The number of fused-ring (bicyclic) bond motifs is 2. The second-order valence-electron chi connectivity index (χ2n) is 3.60. The average Bonchev–Trinajstić information content (AvgIpc) is 2.67. The van der Waals surface area contributed by atoms with E-state index in [2.05, 4.69) is 0 Å². The van der Waals surface area contributed by atoms with Crippen LogP contribution in [0.2, 0.25) is 0 Å². The van der Waals surface area contributed by atoms with E-state index in [-0.39, 0.29) is 12.2 Å². The van der Waals surface area contributed by atoms with E-state index in [9.17, 15) is 9.59 Å². The summed E-state index contributed by atoms with van der Waals surface area (Å²) >= 11 is 0. The van der Waals surface area contributed by atoms with Gasteiger partial charge in [0, 0.05) is 13.8 Å². The Labute approximate surface area is 87.0 Å². The number of carbonyl (C=O) groups excluding carboxylic acids is 2. The van der Waals surface area contributed by atoms with Crippen LogP contribution in [0.25, 0.3) is 0 Å². The van der Waals surface area contributed by atoms with Gasteiger partial charge >= 0.3 is 11.9 Å². The number of hydrogen-bond donors (Lipinski definition) is 0. The quantitative estimate of drug-likeness (QED) is 0.483. The van der Waals surface area contributed by atoms with Crippen molar-refractivity contribution < 1.29 is 23.8 Å². The lowest BCUT2D eigenvalue weighted by Crippen LogP contribution is -2.40. The van der Waals surface area contributed by atoms with Crippen LogP contribution in [0.4, 0.5) is 0 Å². The van der Waals surface area contributed by atoms with Crippen molar-refractivity contribution >= 4 is 11.9 Å². The Balaban J connectivity index is 2.09. The minimum Gasteiger partial charge on any atom is -0.455 e. The lowest BCUT2D eigenvalue weighted by atomic mass is 10.0. The number of hydrogen-bond acceptors (Lipinski definition) is 5. The third-order valence-corrected chi connectivity index (χ3v) is 2.38. The van der Waals surface area contributed by atoms with Gasteiger partial charge in [0.05, 0.1) is 0 Å². The van der Waals surface area contributed by atoms with Crippen molar-refractivity contribution in [3.8, 4) is 0 Å². The summed E-state index contributed by atoms with van der Waals surface area (Å²) in [4.78, 5) is 21.7. The number of rotatable bonds is 2. The molecule has 0 aromatic heterocycles. The molecule has 5 heteroatoms. The monoisotopic (exact) mass is 212 g/mol. The first-order valence-corrected chi connectivity index (χ1v) is 4.76. The molecule has 15 heavy (non-hydrogen) atoms. The van der Waals surface area contributed by atoms with Crippen molar-refractivity contribution in [3.05, 3.63) is 12.2 Å². The van der Waals surface area contributed by atoms with Gasteiger partial charge in [-0.15, -0.1) is 0 Å². The SMILES string of the molecule is CC(=O)O[C@@H]1[C@H](OC(C)=O)[C@@H]2C=C[C@H]1O2. The van der Waals surface area contributed by atoms with Crippen molar-refractivity contribution in [1.82, 2.24) is 0 Å². The van der Waals surface area contributed by atoms with E-state index in [4.69, 9.17) is 14.2 Å². The molecule has 2 heterocycles. The zero-order valence-electron chi connectivity index (χ0n) is 8.51. The van der Waals surface area contributed by atoms with Gasteiger partial charge in [0.25, 0.3) is 0 Å². The lowest BCUT2D eigenvalue weighted by molar-refractivity contribution is -0.163. The molecule has 1 fully saturated rings. The summed E-state index contributed by atoms with van der Waals surface area (Å²) in [5.74, 6) is -0.802. The first-order chi connectivity index (χ1) is 7.08. The van der Waals surface area contributed by atoms with E-state index in [0.29, 0.717) is 0 Å². The summed E-state index contributed by atoms with van der Waals surface area (Å²) < 4.78 is 15.6. The summed E-state index contributed by atoms with van der Waals surface area (Å²) in [6, 6.07) is 0. The molecule has 0 amide bonds. The molecular formula is C10H12O5. The van der Waals surface area contributed by atoms with Gasteiger partial charge in [-0.1, -0.05) is 12.2 Å². The van der Waals surface area contributed by atoms with Crippen LogP contribution in [0.5, 0.6) is 0 Å². The fraction of sp³-hybridized carbons (Fsp3) is 0.600. The van der Waals surface area contributed by atoms with Crippen LogP contribution in [0.15, 0.2) is 12.2 Å². The van der Waals surface area contributed by atoms with Gasteiger partial charge in [0.1, 0.15) is 12.2 Å². The Hall–Kier alpha value is -1.36. The minimum atomic E-state index is -0.513. The first kappa shape index (κ1) is 10.2. The standard InChI is InChI=1S/C10H12O5/c1-5(11)13-9-7-3-4-8(15-7)10(9)14-6(2)12/h3-4,7-10H,1-2H3/t7-,8+,9+,10-. The highest BCUT2D eigenvalue weighted by atomic mass is 16.6. The molecule has 82 valence electrons. The maximum atomic E-state index is 10.9. The fourth-order valence-electron chi connectivity index (χ4n) is 1.89. The summed E-state index contributed by atoms with van der Waals surface area (Å²) in [5, 5.41) is 0. The molecule has 0 saturated carbocycles. The molecule has 2 bridgehead atoms. The third-order valence-electron chi connectivity index (χ3n) is 2.38. The summed E-state index contributed by atoms with van der Waals surface area (Å²) in [6.07, 6.45) is 2.03. The molecule has 0 N–H and O–H groups in total. The van der Waals surface area contributed by atoms with Crippen molar-refractivity contribution in [2.75, 3.05) is 0 Å². The molecule has 5 nitrogen and oxygen atoms in total. The van der Waals surface area contributed by atoms with Crippen molar-refractivity contribution in [1.29, 1.82) is 0 Å². The number of ether oxygens (including phenoxy) is 3. The normalized spacial score (nSPS) is 36.7. The largest absolute Gasteiger partial charge is 0.455 e. The average molecular weight is 212 g/mol. The summed E-state index contributed by atoms with van der Waals surface area (Å²) in [5.41, 5.74) is 0. The highest BCUT2D eigenvalue weighted by Gasteiger charge is 2.50. The van der Waals surface area contributed by atoms with Gasteiger partial charge in [-0.05, 0) is 0 Å². The number of carbonyl (C=O) groups is 2. The minimum absolute atomic E-state index is 0.289. The van der Waals surface area contributed by atoms with Gasteiger partial charge in [0.2, 0.25) is 0 Å².